The van der Waals surface area contributed by atoms with Crippen molar-refractivity contribution in [3.63, 3.8) is 0 Å². The number of unbranched alkanes of at least 4 members (excludes halogenated alkanes) is 1. The Morgan fingerprint density at radius 1 is 0.585 bits per heavy atom. The Kier molecular flexibility index (Phi) is 10.9. The van der Waals surface area contributed by atoms with Crippen LogP contribution in [0.1, 0.15) is 189 Å². The second-order valence-corrected chi connectivity index (χ2v) is 26.3. The molecule has 2 aliphatic heterocycles. The Morgan fingerprint density at radius 3 is 1.74 bits per heavy atom. The van der Waals surface area contributed by atoms with Crippen LogP contribution in [0, 0.1) is 0 Å². The van der Waals surface area contributed by atoms with E-state index < -0.39 is 0 Å². The molecule has 2 nitrogen and oxygen atoms in total. The molecule has 5 aromatic carbocycles. The third-order valence-electron chi connectivity index (χ3n) is 16.0. The summed E-state index contributed by atoms with van der Waals surface area (Å²) in [5, 5.41) is 1.36. The molecule has 0 saturated heterocycles. The van der Waals surface area contributed by atoms with Crippen molar-refractivity contribution in [1.29, 1.82) is 0 Å². The first-order chi connectivity index (χ1) is 30.3. The van der Waals surface area contributed by atoms with E-state index in [0.717, 1.165) is 6.42 Å². The standard InChI is InChI=1S/C61H77BN2S/c1-18-20-29-59(12,13)45-27-26-43(32-38(45)19-2)63-49-37-47-46(60(14,15)30-31-61(47,16)17)36-48(49)62-53-50(63)34-41(58(9,10)11)35-51(53)64(42-24-21-39(22-25-42)56(3,4)5)54-44-33-40(57(6,7)8)23-28-52(44)65-55(54)62/h21-28,32-37H,18-20,29-31H2,1-17H3. The molecule has 0 amide bonds. The molecule has 1 aliphatic carbocycles. The van der Waals surface area contributed by atoms with Gasteiger partial charge >= 0.3 is 0 Å². The van der Waals surface area contributed by atoms with Crippen molar-refractivity contribution >= 4 is 78.0 Å². The number of benzene rings is 5. The Labute approximate surface area is 398 Å². The van der Waals surface area contributed by atoms with Gasteiger partial charge in [-0.1, -0.05) is 161 Å². The second-order valence-electron chi connectivity index (χ2n) is 25.3. The zero-order valence-electron chi connectivity index (χ0n) is 43.2. The highest BCUT2D eigenvalue weighted by molar-refractivity contribution is 7.33. The van der Waals surface area contributed by atoms with Gasteiger partial charge in [0, 0.05) is 43.3 Å². The van der Waals surface area contributed by atoms with Gasteiger partial charge in [-0.15, -0.1) is 11.3 Å². The fourth-order valence-corrected chi connectivity index (χ4v) is 12.8. The molecule has 0 fully saturated rings. The lowest BCUT2D eigenvalue weighted by Crippen LogP contribution is -2.61. The maximum atomic E-state index is 2.72. The summed E-state index contributed by atoms with van der Waals surface area (Å²) in [5.41, 5.74) is 21.1. The molecule has 1 aromatic heterocycles. The minimum absolute atomic E-state index is 0.0227. The molecular formula is C61H77BN2S. The van der Waals surface area contributed by atoms with Crippen molar-refractivity contribution in [3.8, 4) is 0 Å². The van der Waals surface area contributed by atoms with Gasteiger partial charge < -0.3 is 9.80 Å². The smallest absolute Gasteiger partial charge is 0.264 e. The third kappa shape index (κ3) is 7.61. The number of aryl methyl sites for hydroxylation is 1. The third-order valence-corrected chi connectivity index (χ3v) is 17.2. The van der Waals surface area contributed by atoms with Gasteiger partial charge in [0.1, 0.15) is 0 Å². The van der Waals surface area contributed by atoms with Gasteiger partial charge in [-0.3, -0.25) is 0 Å². The molecule has 340 valence electrons. The van der Waals surface area contributed by atoms with Crippen LogP contribution in [-0.4, -0.2) is 6.71 Å². The van der Waals surface area contributed by atoms with Crippen LogP contribution in [-0.2, 0) is 38.9 Å². The first-order valence-electron chi connectivity index (χ1n) is 25.1. The number of thiophene rings is 1. The van der Waals surface area contributed by atoms with E-state index >= 15 is 0 Å². The summed E-state index contributed by atoms with van der Waals surface area (Å²) in [6.07, 6.45) is 7.04. The van der Waals surface area contributed by atoms with E-state index in [1.54, 1.807) is 0 Å². The first-order valence-corrected chi connectivity index (χ1v) is 25.9. The van der Waals surface area contributed by atoms with Crippen molar-refractivity contribution in [3.05, 3.63) is 124 Å². The van der Waals surface area contributed by atoms with E-state index in [-0.39, 0.29) is 39.2 Å². The molecule has 0 spiro atoms. The van der Waals surface area contributed by atoms with E-state index in [2.05, 4.69) is 212 Å². The summed E-state index contributed by atoms with van der Waals surface area (Å²) in [7, 11) is 0. The van der Waals surface area contributed by atoms with Crippen LogP contribution >= 0.6 is 11.3 Å². The molecule has 3 aliphatic rings. The minimum Gasteiger partial charge on any atom is -0.311 e. The van der Waals surface area contributed by atoms with Crippen LogP contribution in [0.2, 0.25) is 0 Å². The Hall–Kier alpha value is -4.28. The van der Waals surface area contributed by atoms with Crippen LogP contribution in [0.4, 0.5) is 34.1 Å². The lowest BCUT2D eigenvalue weighted by atomic mass is 9.35. The summed E-state index contributed by atoms with van der Waals surface area (Å²) in [6.45, 7) is 40.9. The predicted octanol–water partition coefficient (Wildman–Crippen LogP) is 16.3. The highest BCUT2D eigenvalue weighted by Gasteiger charge is 2.48. The SMILES string of the molecule is CCCCC(C)(C)c1ccc(N2c3cc4c(cc3B3c5sc6ccc(C(C)(C)C)cc6c5N(c5ccc(C(C)(C)C)cc5)c5cc(C(C)(C)C)cc2c53)C(C)(C)CCC4(C)C)cc1CC. The molecule has 6 aromatic rings. The van der Waals surface area contributed by atoms with Crippen LogP contribution in [0.15, 0.2) is 84.9 Å². The van der Waals surface area contributed by atoms with Gasteiger partial charge in [0.05, 0.1) is 5.69 Å². The van der Waals surface area contributed by atoms with Gasteiger partial charge in [-0.2, -0.15) is 0 Å². The van der Waals surface area contributed by atoms with Crippen LogP contribution < -0.4 is 25.5 Å². The van der Waals surface area contributed by atoms with Crippen molar-refractivity contribution in [2.75, 3.05) is 9.80 Å². The normalized spacial score (nSPS) is 16.7. The Morgan fingerprint density at radius 2 is 1.15 bits per heavy atom. The van der Waals surface area contributed by atoms with Gasteiger partial charge in [0.25, 0.3) is 6.71 Å². The van der Waals surface area contributed by atoms with E-state index in [4.69, 9.17) is 0 Å². The number of nitrogens with zero attached hydrogens (tertiary/aromatic N) is 2. The zero-order chi connectivity index (χ0) is 47.0. The maximum Gasteiger partial charge on any atom is 0.264 e. The lowest BCUT2D eigenvalue weighted by molar-refractivity contribution is 0.332. The van der Waals surface area contributed by atoms with E-state index in [1.165, 1.54) is 131 Å². The minimum atomic E-state index is -0.0886. The summed E-state index contributed by atoms with van der Waals surface area (Å²) in [4.78, 5) is 5.40. The van der Waals surface area contributed by atoms with E-state index in [9.17, 15) is 0 Å². The summed E-state index contributed by atoms with van der Waals surface area (Å²) < 4.78 is 2.82. The maximum absolute atomic E-state index is 2.72. The first kappa shape index (κ1) is 45.9. The molecule has 9 rings (SSSR count). The van der Waals surface area contributed by atoms with E-state index in [0.29, 0.717) is 0 Å². The number of hydrogen-bond acceptors (Lipinski definition) is 3. The number of rotatable bonds is 7. The summed E-state index contributed by atoms with van der Waals surface area (Å²) >= 11 is 2.03. The molecule has 0 atom stereocenters. The van der Waals surface area contributed by atoms with Crippen LogP contribution in [0.3, 0.4) is 0 Å². The molecule has 0 bridgehead atoms. The number of fused-ring (bicyclic) bond motifs is 7. The van der Waals surface area contributed by atoms with Gasteiger partial charge in [-0.25, -0.2) is 0 Å². The van der Waals surface area contributed by atoms with E-state index in [1.807, 2.05) is 11.3 Å². The highest BCUT2D eigenvalue weighted by atomic mass is 32.1. The Bertz CT molecular complexity index is 2830. The molecular weight excluding hydrogens is 804 g/mol. The van der Waals surface area contributed by atoms with Gasteiger partial charge in [0.2, 0.25) is 0 Å². The molecule has 0 radical (unpaired) electrons. The van der Waals surface area contributed by atoms with Crippen LogP contribution in [0.25, 0.3) is 10.1 Å². The van der Waals surface area contributed by atoms with Crippen LogP contribution in [0.5, 0.6) is 0 Å². The molecule has 0 unspecified atom stereocenters. The highest BCUT2D eigenvalue weighted by Crippen LogP contribution is 2.53. The fourth-order valence-electron chi connectivity index (χ4n) is 11.5. The number of hydrogen-bond donors (Lipinski definition) is 0. The largest absolute Gasteiger partial charge is 0.311 e. The summed E-state index contributed by atoms with van der Waals surface area (Å²) in [5.74, 6) is 0. The van der Waals surface area contributed by atoms with Crippen molar-refractivity contribution in [1.82, 2.24) is 0 Å². The van der Waals surface area contributed by atoms with Gasteiger partial charge in [0.15, 0.2) is 0 Å². The zero-order valence-corrected chi connectivity index (χ0v) is 44.0. The quantitative estimate of drug-likeness (QED) is 0.147. The molecule has 4 heteroatoms. The lowest BCUT2D eigenvalue weighted by Gasteiger charge is -2.47. The average molecular weight is 881 g/mol. The van der Waals surface area contributed by atoms with Gasteiger partial charge in [-0.05, 0) is 163 Å². The summed E-state index contributed by atoms with van der Waals surface area (Å²) in [6, 6.07) is 35.0. The Balaban J connectivity index is 1.43. The fraction of sp³-hybridized carbons (Fsp3) is 0.475. The topological polar surface area (TPSA) is 6.48 Å². The molecule has 3 heterocycles. The van der Waals surface area contributed by atoms with Crippen molar-refractivity contribution in [2.24, 2.45) is 0 Å². The second kappa shape index (κ2) is 15.4. The average Bonchev–Trinajstić information content (AvgIpc) is 3.61. The predicted molar refractivity (Wildman–Crippen MR) is 289 cm³/mol. The van der Waals surface area contributed by atoms with Crippen molar-refractivity contribution < 1.29 is 0 Å². The molecule has 0 N–H and O–H groups in total. The molecule has 65 heavy (non-hydrogen) atoms. The van der Waals surface area contributed by atoms with Crippen molar-refractivity contribution in [2.45, 2.75) is 189 Å². The monoisotopic (exact) mass is 881 g/mol. The molecule has 0 saturated carbocycles. The number of anilines is 6.